The largest absolute Gasteiger partial charge is 0.491 e. The zero-order valence-electron chi connectivity index (χ0n) is 33.9. The number of carboxylic acid groups (broad SMARTS) is 1. The lowest BCUT2D eigenvalue weighted by Gasteiger charge is -2.13. The standard InChI is InChI=1S/C23H22F2N2O4.C22H20F2N2O4/c1-29-10-4-5-17-13-26-20(16-11-18(24)22(30-2)19(25)12-16)21(27-17)14-6-8-15(9-7-14)23(28)31-3;1-29-9-3-4-16-12-25-19(15-10-17(23)21(30-2)18(24)11-15)20(26-16)13-5-7-14(8-6-13)22(27)28/h6-9,11-13H,4-5,10H2,1-3H3;5-8,10-12H,3-4,9H2,1-2H3,(H,27,28). The van der Waals surface area contributed by atoms with Gasteiger partial charge in [-0.05, 0) is 74.2 Å². The van der Waals surface area contributed by atoms with Crippen molar-refractivity contribution in [3.63, 3.8) is 0 Å². The fourth-order valence-electron chi connectivity index (χ4n) is 6.15. The van der Waals surface area contributed by atoms with Gasteiger partial charge in [-0.25, -0.2) is 37.1 Å². The van der Waals surface area contributed by atoms with Crippen LogP contribution in [0.2, 0.25) is 0 Å². The van der Waals surface area contributed by atoms with Crippen LogP contribution in [0.25, 0.3) is 45.0 Å². The third kappa shape index (κ3) is 11.3. The highest BCUT2D eigenvalue weighted by atomic mass is 19.1. The third-order valence-corrected chi connectivity index (χ3v) is 9.14. The first-order chi connectivity index (χ1) is 29.4. The Morgan fingerprint density at radius 3 is 1.25 bits per heavy atom. The zero-order chi connectivity index (χ0) is 44.1. The monoisotopic (exact) mass is 842 g/mol. The number of hydrogen-bond donors (Lipinski definition) is 1. The Morgan fingerprint density at radius 2 is 0.918 bits per heavy atom. The fourth-order valence-corrected chi connectivity index (χ4v) is 6.15. The van der Waals surface area contributed by atoms with Gasteiger partial charge < -0.3 is 28.8 Å². The van der Waals surface area contributed by atoms with Gasteiger partial charge in [0.2, 0.25) is 0 Å². The number of aromatic carboxylic acids is 1. The zero-order valence-corrected chi connectivity index (χ0v) is 33.9. The Kier molecular flexibility index (Phi) is 15.9. The summed E-state index contributed by atoms with van der Waals surface area (Å²) in [7, 11) is 6.91. The number of carboxylic acids is 1. The number of rotatable bonds is 16. The summed E-state index contributed by atoms with van der Waals surface area (Å²) >= 11 is 0. The number of esters is 1. The van der Waals surface area contributed by atoms with E-state index in [4.69, 9.17) is 28.8 Å². The molecule has 0 fully saturated rings. The molecule has 12 nitrogen and oxygen atoms in total. The van der Waals surface area contributed by atoms with E-state index in [1.807, 2.05) is 0 Å². The molecule has 16 heteroatoms. The molecule has 2 heterocycles. The minimum Gasteiger partial charge on any atom is -0.491 e. The molecule has 0 aliphatic rings. The Balaban J connectivity index is 0.000000231. The highest BCUT2D eigenvalue weighted by molar-refractivity contribution is 5.90. The van der Waals surface area contributed by atoms with Gasteiger partial charge in [0.15, 0.2) is 34.8 Å². The fraction of sp³-hybridized carbons (Fsp3) is 0.244. The van der Waals surface area contributed by atoms with Gasteiger partial charge in [-0.15, -0.1) is 0 Å². The van der Waals surface area contributed by atoms with Crippen LogP contribution in [0.1, 0.15) is 44.9 Å². The quantitative estimate of drug-likeness (QED) is 0.0563. The number of aryl methyl sites for hydroxylation is 2. The van der Waals surface area contributed by atoms with E-state index in [9.17, 15) is 27.2 Å². The van der Waals surface area contributed by atoms with Crippen LogP contribution in [0.5, 0.6) is 11.5 Å². The summed E-state index contributed by atoms with van der Waals surface area (Å²) in [4.78, 5) is 41.0. The van der Waals surface area contributed by atoms with Crippen LogP contribution in [0, 0.1) is 23.3 Å². The van der Waals surface area contributed by atoms with Gasteiger partial charge in [0.1, 0.15) is 0 Å². The van der Waals surface area contributed by atoms with E-state index >= 15 is 0 Å². The second kappa shape index (κ2) is 21.5. The van der Waals surface area contributed by atoms with Crippen molar-refractivity contribution < 1.29 is 55.9 Å². The third-order valence-electron chi connectivity index (χ3n) is 9.14. The Morgan fingerprint density at radius 1 is 0.541 bits per heavy atom. The SMILES string of the molecule is COCCCc1cnc(-c2cc(F)c(OC)c(F)c2)c(-c2ccc(C(=O)O)cc2)n1.COCCCc1cnc(-c2cc(F)c(OC)c(F)c2)c(-c2ccc(C(=O)OC)cc2)n1. The number of aromatic nitrogens is 4. The maximum Gasteiger partial charge on any atom is 0.337 e. The molecule has 318 valence electrons. The van der Waals surface area contributed by atoms with Crippen molar-refractivity contribution in [3.05, 3.63) is 131 Å². The molecule has 0 aliphatic carbocycles. The molecule has 0 bridgehead atoms. The van der Waals surface area contributed by atoms with E-state index in [2.05, 4.69) is 19.9 Å². The lowest BCUT2D eigenvalue weighted by atomic mass is 10.0. The highest BCUT2D eigenvalue weighted by Gasteiger charge is 2.20. The maximum atomic E-state index is 14.3. The van der Waals surface area contributed by atoms with Crippen LogP contribution < -0.4 is 9.47 Å². The van der Waals surface area contributed by atoms with Crippen molar-refractivity contribution in [1.29, 1.82) is 0 Å². The summed E-state index contributed by atoms with van der Waals surface area (Å²) in [5.74, 6) is -5.85. The van der Waals surface area contributed by atoms with Crippen LogP contribution in [-0.4, -0.2) is 85.7 Å². The summed E-state index contributed by atoms with van der Waals surface area (Å²) in [6.07, 6.45) is 5.84. The topological polar surface area (TPSA) is 152 Å². The summed E-state index contributed by atoms with van der Waals surface area (Å²) in [5, 5.41) is 9.12. The Bertz CT molecular complexity index is 2420. The van der Waals surface area contributed by atoms with E-state index in [0.29, 0.717) is 71.2 Å². The molecule has 4 aromatic carbocycles. The van der Waals surface area contributed by atoms with Crippen LogP contribution >= 0.6 is 0 Å². The molecule has 0 saturated heterocycles. The van der Waals surface area contributed by atoms with E-state index in [1.54, 1.807) is 63.0 Å². The first-order valence-electron chi connectivity index (χ1n) is 18.7. The number of benzene rings is 4. The number of hydrogen-bond acceptors (Lipinski definition) is 11. The molecule has 0 unspecified atom stereocenters. The van der Waals surface area contributed by atoms with Gasteiger partial charge in [-0.1, -0.05) is 24.3 Å². The number of halogens is 4. The molecular weight excluding hydrogens is 801 g/mol. The van der Waals surface area contributed by atoms with Gasteiger partial charge in [-0.2, -0.15) is 0 Å². The second-order valence-electron chi connectivity index (χ2n) is 13.2. The maximum absolute atomic E-state index is 14.3. The molecule has 0 atom stereocenters. The normalized spacial score (nSPS) is 10.8. The molecule has 0 spiro atoms. The van der Waals surface area contributed by atoms with Crippen LogP contribution in [0.4, 0.5) is 17.6 Å². The molecular formula is C45H42F4N4O8. The van der Waals surface area contributed by atoms with E-state index in [1.165, 1.54) is 33.5 Å². The highest BCUT2D eigenvalue weighted by Crippen LogP contribution is 2.35. The predicted octanol–water partition coefficient (Wildman–Crippen LogP) is 8.84. The van der Waals surface area contributed by atoms with Crippen LogP contribution in [0.3, 0.4) is 0 Å². The van der Waals surface area contributed by atoms with E-state index < -0.39 is 46.7 Å². The van der Waals surface area contributed by atoms with Crippen molar-refractivity contribution in [3.8, 4) is 56.5 Å². The molecule has 6 rings (SSSR count). The lowest BCUT2D eigenvalue weighted by molar-refractivity contribution is 0.0599. The number of carbonyl (C=O) groups is 2. The molecule has 6 aromatic rings. The minimum atomic E-state index is -1.06. The average Bonchev–Trinajstić information content (AvgIpc) is 3.26. The summed E-state index contributed by atoms with van der Waals surface area (Å²) in [5.41, 5.74) is 4.93. The molecule has 1 N–H and O–H groups in total. The van der Waals surface area contributed by atoms with E-state index in [0.717, 1.165) is 37.1 Å². The van der Waals surface area contributed by atoms with E-state index in [-0.39, 0.29) is 22.4 Å². The van der Waals surface area contributed by atoms with Crippen LogP contribution in [0.15, 0.2) is 85.2 Å². The lowest BCUT2D eigenvalue weighted by Crippen LogP contribution is -2.03. The summed E-state index contributed by atoms with van der Waals surface area (Å²) < 4.78 is 81.5. The molecule has 0 amide bonds. The molecule has 0 radical (unpaired) electrons. The smallest absolute Gasteiger partial charge is 0.337 e. The summed E-state index contributed by atoms with van der Waals surface area (Å²) in [6, 6.07) is 17.2. The molecule has 61 heavy (non-hydrogen) atoms. The van der Waals surface area contributed by atoms with Gasteiger partial charge in [0, 0.05) is 62.1 Å². The number of carbonyl (C=O) groups excluding carboxylic acids is 1. The predicted molar refractivity (Wildman–Crippen MR) is 217 cm³/mol. The first kappa shape index (κ1) is 45.3. The number of methoxy groups -OCH3 is 5. The van der Waals surface area contributed by atoms with Crippen molar-refractivity contribution in [2.45, 2.75) is 25.7 Å². The van der Waals surface area contributed by atoms with Crippen molar-refractivity contribution >= 4 is 11.9 Å². The number of ether oxygens (including phenoxy) is 5. The van der Waals surface area contributed by atoms with Gasteiger partial charge in [-0.3, -0.25) is 9.97 Å². The molecule has 0 aliphatic heterocycles. The van der Waals surface area contributed by atoms with Crippen molar-refractivity contribution in [2.75, 3.05) is 48.8 Å². The number of nitrogens with zero attached hydrogens (tertiary/aromatic N) is 4. The van der Waals surface area contributed by atoms with Crippen LogP contribution in [-0.2, 0) is 27.1 Å². The van der Waals surface area contributed by atoms with Gasteiger partial charge in [0.25, 0.3) is 0 Å². The Hall–Kier alpha value is -6.78. The molecule has 2 aromatic heterocycles. The van der Waals surface area contributed by atoms with Gasteiger partial charge in [0.05, 0.1) is 66.6 Å². The second-order valence-corrected chi connectivity index (χ2v) is 13.2. The first-order valence-corrected chi connectivity index (χ1v) is 18.7. The van der Waals surface area contributed by atoms with Crippen molar-refractivity contribution in [1.82, 2.24) is 19.9 Å². The van der Waals surface area contributed by atoms with Gasteiger partial charge >= 0.3 is 11.9 Å². The Labute approximate surface area is 349 Å². The average molecular weight is 843 g/mol. The summed E-state index contributed by atoms with van der Waals surface area (Å²) in [6.45, 7) is 1.13. The molecule has 0 saturated carbocycles. The van der Waals surface area contributed by atoms with Crippen molar-refractivity contribution in [2.24, 2.45) is 0 Å². The minimum absolute atomic E-state index is 0.117.